The maximum Gasteiger partial charge on any atom is 0.325 e. The molecule has 0 radical (unpaired) electrons. The second-order valence-corrected chi connectivity index (χ2v) is 11.3. The molecular weight excluding hydrogens is 529 g/mol. The number of aryl methyl sites for hydroxylation is 1. The molecule has 1 aromatic heterocycles. The molecule has 2 atom stereocenters. The molecule has 4 rings (SSSR count). The lowest BCUT2D eigenvalue weighted by molar-refractivity contribution is -0.143. The van der Waals surface area contributed by atoms with Crippen molar-refractivity contribution in [1.82, 2.24) is 9.88 Å². The van der Waals surface area contributed by atoms with Gasteiger partial charge in [0.1, 0.15) is 17.6 Å². The number of rotatable bonds is 14. The molecule has 1 aromatic carbocycles. The summed E-state index contributed by atoms with van der Waals surface area (Å²) >= 11 is 0. The number of ether oxygens (including phenoxy) is 4. The van der Waals surface area contributed by atoms with E-state index in [-0.39, 0.29) is 17.4 Å². The molecule has 0 aliphatic carbocycles. The zero-order valence-electron chi connectivity index (χ0n) is 24.9. The zero-order valence-corrected chi connectivity index (χ0v) is 24.9. The van der Waals surface area contributed by atoms with Crippen LogP contribution < -0.4 is 14.8 Å². The summed E-state index contributed by atoms with van der Waals surface area (Å²) < 4.78 is 37.6. The Balaban J connectivity index is 1.30. The average molecular weight is 574 g/mol. The fourth-order valence-corrected chi connectivity index (χ4v) is 5.71. The van der Waals surface area contributed by atoms with Crippen molar-refractivity contribution < 1.29 is 33.2 Å². The smallest absolute Gasteiger partial charge is 0.325 e. The number of hydrogen-bond acceptors (Lipinski definition) is 8. The minimum atomic E-state index is -1.06. The zero-order chi connectivity index (χ0) is 29.6. The molecule has 41 heavy (non-hydrogen) atoms. The molecule has 2 N–H and O–H groups in total. The third kappa shape index (κ3) is 7.28. The van der Waals surface area contributed by atoms with Crippen LogP contribution >= 0.6 is 0 Å². The van der Waals surface area contributed by atoms with Crippen molar-refractivity contribution in [1.29, 1.82) is 0 Å². The van der Waals surface area contributed by atoms with Gasteiger partial charge in [-0.2, -0.15) is 0 Å². The number of anilines is 1. The van der Waals surface area contributed by atoms with Crippen LogP contribution in [0, 0.1) is 5.82 Å². The Morgan fingerprint density at radius 1 is 1.20 bits per heavy atom. The number of fused-ring (bicyclic) bond motifs is 1. The fraction of sp³-hybridized carbons (Fsp3) is 0.613. The normalized spacial score (nSPS) is 18.0. The Morgan fingerprint density at radius 2 is 2.00 bits per heavy atom. The van der Waals surface area contributed by atoms with Gasteiger partial charge in [-0.25, -0.2) is 9.37 Å². The minimum absolute atomic E-state index is 0.0563. The molecule has 0 saturated carbocycles. The monoisotopic (exact) mass is 573 g/mol. The van der Waals surface area contributed by atoms with Gasteiger partial charge in [-0.1, -0.05) is 6.42 Å². The van der Waals surface area contributed by atoms with Gasteiger partial charge in [0.05, 0.1) is 25.9 Å². The number of carboxylic acids is 1. The maximum atomic E-state index is 15.0. The van der Waals surface area contributed by atoms with E-state index in [0.717, 1.165) is 62.3 Å². The van der Waals surface area contributed by atoms with Crippen LogP contribution in [0.5, 0.6) is 11.5 Å². The van der Waals surface area contributed by atoms with Crippen LogP contribution in [0.4, 0.5) is 10.2 Å². The molecule has 226 valence electrons. The van der Waals surface area contributed by atoms with E-state index in [0.29, 0.717) is 31.7 Å². The molecule has 3 heterocycles. The van der Waals surface area contributed by atoms with E-state index < -0.39 is 23.4 Å². The number of likely N-dealkylation sites (tertiary alicyclic amines) is 1. The standard InChI is InChI=1S/C31H44FN3O6/c1-31(2,40-5)20-16-24(28(39-4)25(32)17-20)27(30(36)37)35-14-12-22(19-35)41-15-8-6-7-10-21-18-26(38-3)23-11-9-13-33-29(23)34-21/h16-18,22,27H,6-15,19H2,1-5H3,(H,33,34)(H,36,37)/t22-,27-/m1/s1. The van der Waals surface area contributed by atoms with E-state index in [4.69, 9.17) is 23.9 Å². The average Bonchev–Trinajstić information content (AvgIpc) is 3.42. The third-order valence-corrected chi connectivity index (χ3v) is 8.24. The molecular formula is C31H44FN3O6. The second-order valence-electron chi connectivity index (χ2n) is 11.3. The molecule has 0 spiro atoms. The van der Waals surface area contributed by atoms with Gasteiger partial charge >= 0.3 is 5.97 Å². The lowest BCUT2D eigenvalue weighted by Crippen LogP contribution is -2.34. The van der Waals surface area contributed by atoms with Crippen molar-refractivity contribution >= 4 is 11.8 Å². The third-order valence-electron chi connectivity index (χ3n) is 8.24. The van der Waals surface area contributed by atoms with Crippen molar-refractivity contribution in [2.45, 2.75) is 76.5 Å². The van der Waals surface area contributed by atoms with Crippen molar-refractivity contribution in [2.75, 3.05) is 52.9 Å². The summed E-state index contributed by atoms with van der Waals surface area (Å²) in [7, 11) is 4.60. The van der Waals surface area contributed by atoms with Gasteiger partial charge in [-0.3, -0.25) is 9.69 Å². The van der Waals surface area contributed by atoms with Crippen molar-refractivity contribution in [3.8, 4) is 11.5 Å². The molecule has 1 fully saturated rings. The minimum Gasteiger partial charge on any atom is -0.496 e. The Kier molecular flexibility index (Phi) is 10.4. The molecule has 2 aliphatic heterocycles. The number of aliphatic carboxylic acids is 1. The number of aromatic nitrogens is 1. The van der Waals surface area contributed by atoms with Gasteiger partial charge in [0.15, 0.2) is 11.6 Å². The largest absolute Gasteiger partial charge is 0.496 e. The number of carbonyl (C=O) groups is 1. The summed E-state index contributed by atoms with van der Waals surface area (Å²) in [6.45, 7) is 6.15. The second kappa shape index (κ2) is 13.8. The van der Waals surface area contributed by atoms with Crippen LogP contribution in [0.3, 0.4) is 0 Å². The quantitative estimate of drug-likeness (QED) is 0.299. The summed E-state index contributed by atoms with van der Waals surface area (Å²) in [6.07, 6.45) is 6.49. The van der Waals surface area contributed by atoms with E-state index in [1.165, 1.54) is 18.7 Å². The molecule has 2 aromatic rings. The Labute approximate surface area is 242 Å². The highest BCUT2D eigenvalue weighted by Crippen LogP contribution is 2.38. The van der Waals surface area contributed by atoms with E-state index >= 15 is 4.39 Å². The van der Waals surface area contributed by atoms with E-state index in [1.807, 2.05) is 18.7 Å². The maximum absolute atomic E-state index is 15.0. The van der Waals surface area contributed by atoms with Crippen molar-refractivity contribution in [2.24, 2.45) is 0 Å². The SMILES string of the molecule is COc1cc(CCCCCO[C@@H]2CCN([C@@H](C(=O)O)c3cc(C(C)(C)OC)cc(F)c3OC)C2)nc2c1CCCN2. The lowest BCUT2D eigenvalue weighted by atomic mass is 9.92. The number of hydrogen-bond donors (Lipinski definition) is 2. The Hall–Kier alpha value is -2.95. The summed E-state index contributed by atoms with van der Waals surface area (Å²) in [5.74, 6) is 0.149. The van der Waals surface area contributed by atoms with Gasteiger partial charge < -0.3 is 29.4 Å². The van der Waals surface area contributed by atoms with Crippen LogP contribution in [0.25, 0.3) is 0 Å². The Morgan fingerprint density at radius 3 is 2.71 bits per heavy atom. The first-order chi connectivity index (χ1) is 19.7. The molecule has 10 heteroatoms. The van der Waals surface area contributed by atoms with E-state index in [2.05, 4.69) is 11.4 Å². The molecule has 0 bridgehead atoms. The summed E-state index contributed by atoms with van der Waals surface area (Å²) in [5, 5.41) is 13.6. The van der Waals surface area contributed by atoms with Crippen molar-refractivity contribution in [3.63, 3.8) is 0 Å². The van der Waals surface area contributed by atoms with Gasteiger partial charge in [0.2, 0.25) is 0 Å². The van der Waals surface area contributed by atoms with Gasteiger partial charge in [0, 0.05) is 56.2 Å². The number of benzene rings is 1. The molecule has 0 amide bonds. The van der Waals surface area contributed by atoms with Crippen LogP contribution in [0.1, 0.15) is 74.4 Å². The van der Waals surface area contributed by atoms with Crippen LogP contribution in [0.15, 0.2) is 18.2 Å². The lowest BCUT2D eigenvalue weighted by Gasteiger charge is -2.29. The molecule has 1 saturated heterocycles. The first-order valence-corrected chi connectivity index (χ1v) is 14.5. The highest BCUT2D eigenvalue weighted by atomic mass is 19.1. The predicted molar refractivity (Wildman–Crippen MR) is 154 cm³/mol. The summed E-state index contributed by atoms with van der Waals surface area (Å²) in [5.41, 5.74) is 2.24. The Bertz CT molecular complexity index is 1190. The summed E-state index contributed by atoms with van der Waals surface area (Å²) in [6, 6.07) is 4.02. The number of unbranched alkanes of at least 4 members (excludes halogenated alkanes) is 2. The first kappa shape index (κ1) is 31.0. The van der Waals surface area contributed by atoms with E-state index in [9.17, 15) is 9.90 Å². The molecule has 9 nitrogen and oxygen atoms in total. The van der Waals surface area contributed by atoms with Gasteiger partial charge in [0.25, 0.3) is 0 Å². The topological polar surface area (TPSA) is 102 Å². The molecule has 2 aliphatic rings. The number of methoxy groups -OCH3 is 3. The van der Waals surface area contributed by atoms with Crippen LogP contribution in [-0.4, -0.2) is 74.6 Å². The highest BCUT2D eigenvalue weighted by molar-refractivity contribution is 5.77. The number of carboxylic acid groups (broad SMARTS) is 1. The van der Waals surface area contributed by atoms with E-state index in [1.54, 1.807) is 20.3 Å². The number of nitrogens with one attached hydrogen (secondary N) is 1. The van der Waals surface area contributed by atoms with Crippen molar-refractivity contribution in [3.05, 3.63) is 46.4 Å². The van der Waals surface area contributed by atoms with Crippen LogP contribution in [0.2, 0.25) is 0 Å². The number of halogens is 1. The summed E-state index contributed by atoms with van der Waals surface area (Å²) in [4.78, 5) is 19.1. The number of pyridine rings is 1. The predicted octanol–water partition coefficient (Wildman–Crippen LogP) is 5.11. The van der Waals surface area contributed by atoms with Crippen LogP contribution in [-0.2, 0) is 32.7 Å². The fourth-order valence-electron chi connectivity index (χ4n) is 5.71. The first-order valence-electron chi connectivity index (χ1n) is 14.5. The van der Waals surface area contributed by atoms with Gasteiger partial charge in [-0.05, 0) is 70.1 Å². The highest BCUT2D eigenvalue weighted by Gasteiger charge is 2.37. The molecule has 0 unspecified atom stereocenters. The van der Waals surface area contributed by atoms with Gasteiger partial charge in [-0.15, -0.1) is 0 Å². The number of nitrogens with zero attached hydrogens (tertiary/aromatic N) is 2.